The number of nitrogens with zero attached hydrogens (tertiary/aromatic N) is 1. The molecular formula is C26H30N4O3S. The molecule has 0 aromatic heterocycles. The van der Waals surface area contributed by atoms with Crippen molar-refractivity contribution in [1.29, 1.82) is 0 Å². The number of aryl methyl sites for hydroxylation is 1. The number of rotatable bonds is 7. The van der Waals surface area contributed by atoms with Crippen LogP contribution in [0.25, 0.3) is 0 Å². The molecule has 0 saturated carbocycles. The Hall–Kier alpha value is -3.36. The number of piperidine rings is 1. The van der Waals surface area contributed by atoms with Crippen LogP contribution < -0.4 is 15.4 Å². The Morgan fingerprint density at radius 3 is 2.29 bits per heavy atom. The summed E-state index contributed by atoms with van der Waals surface area (Å²) >= 11 is 0. The molecule has 3 aromatic carbocycles. The first kappa shape index (κ1) is 23.8. The van der Waals surface area contributed by atoms with Crippen LogP contribution in [0.15, 0.2) is 77.7 Å². The third-order valence-corrected chi connectivity index (χ3v) is 7.34. The minimum absolute atomic E-state index is 0.0264. The standard InChI is InChI=1S/C26H30N4O3S/c1-19-10-12-22(13-11-19)29-34(32,33)23-7-5-6-20(18-23)26(31)28-25-9-4-3-8-24(25)27-21-14-16-30(2)17-15-21/h3-13,18,21,27,29H,14-17H2,1-2H3,(H,28,31). The van der Waals surface area contributed by atoms with E-state index in [0.717, 1.165) is 37.2 Å². The molecule has 4 rings (SSSR count). The molecule has 0 bridgehead atoms. The monoisotopic (exact) mass is 478 g/mol. The van der Waals surface area contributed by atoms with Crippen molar-refractivity contribution in [3.63, 3.8) is 0 Å². The number of hydrogen-bond acceptors (Lipinski definition) is 5. The fraction of sp³-hybridized carbons (Fsp3) is 0.269. The Bertz CT molecular complexity index is 1250. The molecule has 0 unspecified atom stereocenters. The third kappa shape index (κ3) is 5.95. The second-order valence-electron chi connectivity index (χ2n) is 8.72. The van der Waals surface area contributed by atoms with E-state index >= 15 is 0 Å². The quantitative estimate of drug-likeness (QED) is 0.463. The Balaban J connectivity index is 1.48. The molecule has 1 fully saturated rings. The Labute approximate surface area is 201 Å². The van der Waals surface area contributed by atoms with E-state index in [4.69, 9.17) is 0 Å². The number of carbonyl (C=O) groups is 1. The summed E-state index contributed by atoms with van der Waals surface area (Å²) in [5.41, 5.74) is 3.29. The second kappa shape index (κ2) is 10.3. The van der Waals surface area contributed by atoms with Crippen molar-refractivity contribution in [2.75, 3.05) is 35.5 Å². The summed E-state index contributed by atoms with van der Waals surface area (Å²) < 4.78 is 28.3. The van der Waals surface area contributed by atoms with Gasteiger partial charge in [0, 0.05) is 17.3 Å². The highest BCUT2D eigenvalue weighted by Crippen LogP contribution is 2.25. The molecule has 7 nitrogen and oxygen atoms in total. The summed E-state index contributed by atoms with van der Waals surface area (Å²) in [5, 5.41) is 6.48. The van der Waals surface area contributed by atoms with Crippen molar-refractivity contribution in [2.24, 2.45) is 0 Å². The summed E-state index contributed by atoms with van der Waals surface area (Å²) in [6.07, 6.45) is 2.07. The van der Waals surface area contributed by atoms with Crippen molar-refractivity contribution in [1.82, 2.24) is 4.90 Å². The van der Waals surface area contributed by atoms with Crippen molar-refractivity contribution in [3.05, 3.63) is 83.9 Å². The predicted molar refractivity (Wildman–Crippen MR) is 137 cm³/mol. The van der Waals surface area contributed by atoms with Crippen molar-refractivity contribution < 1.29 is 13.2 Å². The first-order valence-electron chi connectivity index (χ1n) is 11.4. The Kier molecular flexibility index (Phi) is 7.19. The first-order chi connectivity index (χ1) is 16.3. The van der Waals surface area contributed by atoms with Gasteiger partial charge in [-0.15, -0.1) is 0 Å². The lowest BCUT2D eigenvalue weighted by atomic mass is 10.0. The van der Waals surface area contributed by atoms with Gasteiger partial charge in [0.15, 0.2) is 0 Å². The zero-order valence-corrected chi connectivity index (χ0v) is 20.2. The van der Waals surface area contributed by atoms with Crippen molar-refractivity contribution in [3.8, 4) is 0 Å². The van der Waals surface area contributed by atoms with Gasteiger partial charge in [-0.05, 0) is 82.4 Å². The highest BCUT2D eigenvalue weighted by Gasteiger charge is 2.19. The smallest absolute Gasteiger partial charge is 0.261 e. The minimum atomic E-state index is -3.83. The van der Waals surface area contributed by atoms with Crippen LogP contribution >= 0.6 is 0 Å². The van der Waals surface area contributed by atoms with Crippen LogP contribution in [0.5, 0.6) is 0 Å². The average molecular weight is 479 g/mol. The molecule has 8 heteroatoms. The fourth-order valence-electron chi connectivity index (χ4n) is 3.93. The molecule has 1 saturated heterocycles. The molecule has 1 aliphatic heterocycles. The predicted octanol–water partition coefficient (Wildman–Crippen LogP) is 4.55. The molecule has 178 valence electrons. The van der Waals surface area contributed by atoms with Crippen LogP contribution in [0.1, 0.15) is 28.8 Å². The van der Waals surface area contributed by atoms with Crippen LogP contribution in [-0.2, 0) is 10.0 Å². The number of carbonyl (C=O) groups excluding carboxylic acids is 1. The molecule has 0 spiro atoms. The summed E-state index contributed by atoms with van der Waals surface area (Å²) in [6.45, 7) is 4.00. The average Bonchev–Trinajstić information content (AvgIpc) is 2.83. The fourth-order valence-corrected chi connectivity index (χ4v) is 5.03. The van der Waals surface area contributed by atoms with Gasteiger partial charge in [-0.3, -0.25) is 9.52 Å². The number of likely N-dealkylation sites (tertiary alicyclic amines) is 1. The topological polar surface area (TPSA) is 90.5 Å². The summed E-state index contributed by atoms with van der Waals surface area (Å²) in [7, 11) is -1.71. The Morgan fingerprint density at radius 2 is 1.59 bits per heavy atom. The van der Waals surface area contributed by atoms with E-state index in [0.29, 0.717) is 17.4 Å². The molecule has 0 atom stereocenters. The van der Waals surface area contributed by atoms with E-state index in [1.807, 2.05) is 43.3 Å². The van der Waals surface area contributed by atoms with Crippen LogP contribution in [0.4, 0.5) is 17.1 Å². The molecule has 0 radical (unpaired) electrons. The van der Waals surface area contributed by atoms with E-state index in [1.54, 1.807) is 24.3 Å². The number of sulfonamides is 1. The van der Waals surface area contributed by atoms with Gasteiger partial charge < -0.3 is 15.5 Å². The number of para-hydroxylation sites is 2. The zero-order chi connectivity index (χ0) is 24.1. The van der Waals surface area contributed by atoms with Gasteiger partial charge in [-0.1, -0.05) is 35.9 Å². The van der Waals surface area contributed by atoms with Gasteiger partial charge in [-0.25, -0.2) is 8.42 Å². The lowest BCUT2D eigenvalue weighted by Gasteiger charge is -2.30. The molecule has 3 N–H and O–H groups in total. The Morgan fingerprint density at radius 1 is 0.912 bits per heavy atom. The second-order valence-corrected chi connectivity index (χ2v) is 10.4. The summed E-state index contributed by atoms with van der Waals surface area (Å²) in [5.74, 6) is -0.370. The van der Waals surface area contributed by atoms with Gasteiger partial charge in [0.1, 0.15) is 0 Å². The zero-order valence-electron chi connectivity index (χ0n) is 19.4. The number of hydrogen-bond donors (Lipinski definition) is 3. The molecule has 1 heterocycles. The van der Waals surface area contributed by atoms with E-state index in [1.165, 1.54) is 12.1 Å². The highest BCUT2D eigenvalue weighted by atomic mass is 32.2. The molecule has 34 heavy (non-hydrogen) atoms. The SMILES string of the molecule is Cc1ccc(NS(=O)(=O)c2cccc(C(=O)Nc3ccccc3NC3CCN(C)CC3)c2)cc1. The van der Waals surface area contributed by atoms with Crippen LogP contribution in [0.3, 0.4) is 0 Å². The largest absolute Gasteiger partial charge is 0.381 e. The maximum Gasteiger partial charge on any atom is 0.261 e. The van der Waals surface area contributed by atoms with Crippen molar-refractivity contribution in [2.45, 2.75) is 30.7 Å². The van der Waals surface area contributed by atoms with Gasteiger partial charge in [0.05, 0.1) is 16.3 Å². The van der Waals surface area contributed by atoms with Gasteiger partial charge >= 0.3 is 0 Å². The third-order valence-electron chi connectivity index (χ3n) is 5.96. The van der Waals surface area contributed by atoms with E-state index in [2.05, 4.69) is 27.3 Å². The number of nitrogens with one attached hydrogen (secondary N) is 3. The lowest BCUT2D eigenvalue weighted by Crippen LogP contribution is -2.36. The van der Waals surface area contributed by atoms with E-state index < -0.39 is 10.0 Å². The summed E-state index contributed by atoms with van der Waals surface area (Å²) in [6, 6.07) is 21.0. The maximum atomic E-state index is 13.0. The van der Waals surface area contributed by atoms with E-state index in [-0.39, 0.29) is 16.4 Å². The van der Waals surface area contributed by atoms with Gasteiger partial charge in [0.25, 0.3) is 15.9 Å². The minimum Gasteiger partial charge on any atom is -0.381 e. The molecular weight excluding hydrogens is 448 g/mol. The lowest BCUT2D eigenvalue weighted by molar-refractivity contribution is 0.102. The molecule has 1 aliphatic rings. The van der Waals surface area contributed by atoms with Crippen molar-refractivity contribution >= 4 is 33.0 Å². The van der Waals surface area contributed by atoms with Crippen LogP contribution in [0, 0.1) is 6.92 Å². The van der Waals surface area contributed by atoms with E-state index in [9.17, 15) is 13.2 Å². The maximum absolute atomic E-state index is 13.0. The molecule has 0 aliphatic carbocycles. The first-order valence-corrected chi connectivity index (χ1v) is 12.8. The normalized spacial score (nSPS) is 15.0. The van der Waals surface area contributed by atoms with Gasteiger partial charge in [0.2, 0.25) is 0 Å². The number of benzene rings is 3. The molecule has 3 aromatic rings. The number of anilines is 3. The van der Waals surface area contributed by atoms with Gasteiger partial charge in [-0.2, -0.15) is 0 Å². The number of amides is 1. The molecule has 1 amide bonds. The van der Waals surface area contributed by atoms with Crippen LogP contribution in [0.2, 0.25) is 0 Å². The summed E-state index contributed by atoms with van der Waals surface area (Å²) in [4.78, 5) is 15.3. The highest BCUT2D eigenvalue weighted by molar-refractivity contribution is 7.92. The van der Waals surface area contributed by atoms with Crippen LogP contribution in [-0.4, -0.2) is 45.4 Å².